The molecule has 27 valence electrons. The summed E-state index contributed by atoms with van der Waals surface area (Å²) in [6.45, 7) is 0. The van der Waals surface area contributed by atoms with Crippen LogP contribution in [0.15, 0.2) is 0 Å². The number of hydrogen-bond donors (Lipinski definition) is 0. The van der Waals surface area contributed by atoms with Crippen molar-refractivity contribution in [3.63, 3.8) is 0 Å². The van der Waals surface area contributed by atoms with Crippen molar-refractivity contribution in [2.24, 2.45) is 0 Å². The van der Waals surface area contributed by atoms with Gasteiger partial charge in [0, 0.05) is 33.6 Å². The molecule has 0 aliphatic carbocycles. The van der Waals surface area contributed by atoms with E-state index < -0.39 is 0 Å². The average Bonchev–Trinajstić information content (AvgIpc) is 0. The Kier molecular flexibility index (Phi) is 191. The fourth-order valence-corrected chi connectivity index (χ4v) is 0. The molecule has 0 saturated carbocycles. The summed E-state index contributed by atoms with van der Waals surface area (Å²) in [7, 11) is 0. The Morgan fingerprint density at radius 3 is 1.00 bits per heavy atom. The Balaban J connectivity index is 0. The maximum Gasteiger partial charge on any atom is 0 e. The van der Waals surface area contributed by atoms with Crippen LogP contribution in [0.1, 0.15) is 0 Å². The van der Waals surface area contributed by atoms with E-state index in [9.17, 15) is 0 Å². The molecule has 0 unspecified atom stereocenters. The summed E-state index contributed by atoms with van der Waals surface area (Å²) >= 11 is 0. The zero-order valence-corrected chi connectivity index (χ0v) is 3.36. The summed E-state index contributed by atoms with van der Waals surface area (Å²) in [5.41, 5.74) is 0. The first-order chi connectivity index (χ1) is 0. The van der Waals surface area contributed by atoms with Crippen LogP contribution in [-0.4, -0.2) is 35.0 Å². The Hall–Kier alpha value is 1.97. The molecule has 0 atom stereocenters. The van der Waals surface area contributed by atoms with Gasteiger partial charge in [-0.05, 0) is 0 Å². The molecule has 4 heavy (non-hydrogen) atoms. The number of rotatable bonds is 0. The van der Waals surface area contributed by atoms with E-state index in [4.69, 9.17) is 0 Å². The van der Waals surface area contributed by atoms with Crippen molar-refractivity contribution in [1.29, 1.82) is 0 Å². The van der Waals surface area contributed by atoms with Gasteiger partial charge in [-0.15, -0.1) is 0 Å². The van der Waals surface area contributed by atoms with Gasteiger partial charge in [-0.1, -0.05) is 0 Å². The topological polar surface area (TPSA) is 31.5 Å². The molecule has 1 nitrogen and oxygen atoms in total. The molecule has 0 aliphatic heterocycles. The normalized spacial score (nSPS) is 0. The maximum atomic E-state index is 0. The predicted molar refractivity (Wildman–Crippen MR) is 10.8 cm³/mol. The Morgan fingerprint density at radius 1 is 1.00 bits per heavy atom. The molecule has 0 spiro atoms. The molecule has 0 amide bonds. The average molecular weight is 156 g/mol. The van der Waals surface area contributed by atoms with Gasteiger partial charge in [0.2, 0.25) is 0 Å². The minimum atomic E-state index is 0. The summed E-state index contributed by atoms with van der Waals surface area (Å²) in [6.07, 6.45) is 0. The smallest absolute Gasteiger partial charge is 0 e. The molecule has 0 aromatic rings. The van der Waals surface area contributed by atoms with E-state index in [2.05, 4.69) is 0 Å². The van der Waals surface area contributed by atoms with Gasteiger partial charge < -0.3 is 5.48 Å². The van der Waals surface area contributed by atoms with E-state index in [1.807, 2.05) is 0 Å². The summed E-state index contributed by atoms with van der Waals surface area (Å²) in [4.78, 5) is 0. The zero-order valence-electron chi connectivity index (χ0n) is 1.19. The van der Waals surface area contributed by atoms with Crippen LogP contribution in [0, 0.1) is 0 Å². The quantitative estimate of drug-likeness (QED) is 0.383. The van der Waals surface area contributed by atoms with Crippen LogP contribution >= 0.6 is 0 Å². The SMILES string of the molecule is O.[Mn].[NaH].[Ni]. The zero-order chi connectivity index (χ0) is 0. The third-order valence-corrected chi connectivity index (χ3v) is 0. The van der Waals surface area contributed by atoms with E-state index in [0.29, 0.717) is 0 Å². The third kappa shape index (κ3) is 9.02. The minimum absolute atomic E-state index is 0. The number of hydrogen-bond acceptors (Lipinski definition) is 0. The summed E-state index contributed by atoms with van der Waals surface area (Å²) in [5, 5.41) is 0. The van der Waals surface area contributed by atoms with Gasteiger partial charge in [-0.2, -0.15) is 0 Å². The summed E-state index contributed by atoms with van der Waals surface area (Å²) in [5.74, 6) is 0. The molecule has 4 heteroatoms. The molecule has 0 rings (SSSR count). The monoisotopic (exact) mass is 155 g/mol. The van der Waals surface area contributed by atoms with Gasteiger partial charge in [0.1, 0.15) is 0 Å². The van der Waals surface area contributed by atoms with Crippen molar-refractivity contribution in [1.82, 2.24) is 0 Å². The molecular weight excluding hydrogens is 153 g/mol. The van der Waals surface area contributed by atoms with E-state index in [1.54, 1.807) is 0 Å². The van der Waals surface area contributed by atoms with Gasteiger partial charge in [0.25, 0.3) is 0 Å². The van der Waals surface area contributed by atoms with Crippen LogP contribution < -0.4 is 0 Å². The fraction of sp³-hybridized carbons (Fsp3) is 0. The standard InChI is InChI=1S/Mn.Na.Ni.H2O.H/h;;;1H2;. The first-order valence-corrected chi connectivity index (χ1v) is 0. The Morgan fingerprint density at radius 2 is 1.00 bits per heavy atom. The first kappa shape index (κ1) is 37.9. The second-order valence-electron chi connectivity index (χ2n) is 0. The van der Waals surface area contributed by atoms with Crippen LogP contribution in [0.4, 0.5) is 0 Å². The minimum Gasteiger partial charge on any atom is 0 e. The van der Waals surface area contributed by atoms with Gasteiger partial charge in [-0.3, -0.25) is 0 Å². The second kappa shape index (κ2) is 20.2. The van der Waals surface area contributed by atoms with E-state index >= 15 is 0 Å². The second-order valence-corrected chi connectivity index (χ2v) is 0. The van der Waals surface area contributed by atoms with Gasteiger partial charge in [0.15, 0.2) is 0 Å². The van der Waals surface area contributed by atoms with E-state index in [1.165, 1.54) is 0 Å². The van der Waals surface area contributed by atoms with Crippen LogP contribution in [0.25, 0.3) is 0 Å². The Labute approximate surface area is 67.9 Å². The largest absolute Gasteiger partial charge is 0 e. The predicted octanol–water partition coefficient (Wildman–Crippen LogP) is -1.48. The van der Waals surface area contributed by atoms with Crippen LogP contribution in [0.2, 0.25) is 0 Å². The van der Waals surface area contributed by atoms with Gasteiger partial charge in [-0.25, -0.2) is 0 Å². The molecule has 0 aromatic heterocycles. The summed E-state index contributed by atoms with van der Waals surface area (Å²) in [6, 6.07) is 0. The van der Waals surface area contributed by atoms with Gasteiger partial charge >= 0.3 is 29.6 Å². The van der Waals surface area contributed by atoms with Crippen molar-refractivity contribution in [3.8, 4) is 0 Å². The molecule has 0 aromatic carbocycles. The van der Waals surface area contributed by atoms with Crippen molar-refractivity contribution < 1.29 is 39.0 Å². The maximum absolute atomic E-state index is 0. The van der Waals surface area contributed by atoms with Crippen LogP contribution in [-0.2, 0) is 33.6 Å². The molecule has 1 radical (unpaired) electrons. The van der Waals surface area contributed by atoms with E-state index in [0.717, 1.165) is 0 Å². The van der Waals surface area contributed by atoms with Crippen molar-refractivity contribution >= 4 is 29.6 Å². The molecule has 2 N–H and O–H groups in total. The Bertz CT molecular complexity index is 8.00. The fourth-order valence-electron chi connectivity index (χ4n) is 0. The van der Waals surface area contributed by atoms with Gasteiger partial charge in [0.05, 0.1) is 0 Å². The molecular formula is H3MnNaNiO. The van der Waals surface area contributed by atoms with E-state index in [-0.39, 0.29) is 68.6 Å². The summed E-state index contributed by atoms with van der Waals surface area (Å²) < 4.78 is 0. The molecule has 0 fully saturated rings. The molecule has 0 bridgehead atoms. The van der Waals surface area contributed by atoms with Crippen LogP contribution in [0.5, 0.6) is 0 Å². The van der Waals surface area contributed by atoms with Crippen molar-refractivity contribution in [3.05, 3.63) is 0 Å². The third-order valence-electron chi connectivity index (χ3n) is 0. The molecule has 0 saturated heterocycles. The van der Waals surface area contributed by atoms with Crippen LogP contribution in [0.3, 0.4) is 0 Å². The first-order valence-electron chi connectivity index (χ1n) is 0. The molecule has 0 aliphatic rings. The van der Waals surface area contributed by atoms with Crippen molar-refractivity contribution in [2.75, 3.05) is 0 Å². The van der Waals surface area contributed by atoms with Crippen molar-refractivity contribution in [2.45, 2.75) is 0 Å². The molecule has 0 heterocycles.